The lowest BCUT2D eigenvalue weighted by Gasteiger charge is -2.47. The van der Waals surface area contributed by atoms with Crippen molar-refractivity contribution in [3.8, 4) is 5.75 Å². The highest BCUT2D eigenvalue weighted by atomic mass is 19.1. The van der Waals surface area contributed by atoms with E-state index >= 15 is 0 Å². The molecule has 1 aliphatic rings. The van der Waals surface area contributed by atoms with Crippen molar-refractivity contribution < 1.29 is 18.3 Å². The molecule has 5 heteroatoms. The van der Waals surface area contributed by atoms with Crippen molar-refractivity contribution in [2.24, 2.45) is 5.92 Å². The van der Waals surface area contributed by atoms with Crippen molar-refractivity contribution in [3.63, 3.8) is 0 Å². The second-order valence-corrected chi connectivity index (χ2v) is 8.77. The van der Waals surface area contributed by atoms with Crippen molar-refractivity contribution in [1.29, 1.82) is 0 Å². The van der Waals surface area contributed by atoms with Crippen LogP contribution in [0.1, 0.15) is 29.2 Å². The van der Waals surface area contributed by atoms with Crippen molar-refractivity contribution in [2.45, 2.75) is 19.1 Å². The molecule has 0 N–H and O–H groups in total. The van der Waals surface area contributed by atoms with Gasteiger partial charge in [0.25, 0.3) is 0 Å². The van der Waals surface area contributed by atoms with E-state index in [9.17, 15) is 13.6 Å². The molecule has 0 saturated carbocycles. The maximum Gasteiger partial charge on any atom is 0.233 e. The van der Waals surface area contributed by atoms with Crippen LogP contribution >= 0.6 is 0 Å². The summed E-state index contributed by atoms with van der Waals surface area (Å²) in [6.07, 6.45) is 4.37. The Morgan fingerprint density at radius 1 is 0.778 bits per heavy atom. The summed E-state index contributed by atoms with van der Waals surface area (Å²) in [4.78, 5) is 14.9. The van der Waals surface area contributed by atoms with Crippen LogP contribution in [0.25, 0.3) is 6.08 Å². The Labute approximate surface area is 209 Å². The number of hydrogen-bond donors (Lipinski definition) is 0. The zero-order valence-electron chi connectivity index (χ0n) is 19.6. The molecule has 2 atom stereocenters. The van der Waals surface area contributed by atoms with Crippen molar-refractivity contribution in [1.82, 2.24) is 0 Å². The molecule has 0 spiro atoms. The van der Waals surface area contributed by atoms with E-state index in [1.165, 1.54) is 24.3 Å². The van der Waals surface area contributed by atoms with Crippen LogP contribution in [-0.2, 0) is 11.4 Å². The Morgan fingerprint density at radius 2 is 1.42 bits per heavy atom. The van der Waals surface area contributed by atoms with Crippen molar-refractivity contribution in [2.75, 3.05) is 4.90 Å². The fraction of sp³-hybridized carbons (Fsp3) is 0.129. The fourth-order valence-electron chi connectivity index (χ4n) is 4.48. The molecule has 0 radical (unpaired) electrons. The standard InChI is InChI=1S/C31H25F2NO2/c32-25-13-9-22(10-14-25)7-4-8-29-30(34(31(29)35)27-17-15-26(33)16-18-27)24-11-19-28(20-12-24)36-21-23-5-2-1-3-6-23/h1-7,9-20,29-30H,8,21H2/b7-4-/t29?,30-/m1/s1. The lowest BCUT2D eigenvalue weighted by atomic mass is 9.79. The summed E-state index contributed by atoms with van der Waals surface area (Å²) in [6.45, 7) is 0.473. The highest BCUT2D eigenvalue weighted by molar-refractivity contribution is 6.03. The lowest BCUT2D eigenvalue weighted by Crippen LogP contribution is -2.55. The lowest BCUT2D eigenvalue weighted by molar-refractivity contribution is -0.130. The Balaban J connectivity index is 1.34. The van der Waals surface area contributed by atoms with Gasteiger partial charge in [0, 0.05) is 5.69 Å². The zero-order chi connectivity index (χ0) is 24.9. The number of benzene rings is 4. The first-order valence-electron chi connectivity index (χ1n) is 11.9. The van der Waals surface area contributed by atoms with Gasteiger partial charge in [0.15, 0.2) is 0 Å². The van der Waals surface area contributed by atoms with Gasteiger partial charge in [-0.15, -0.1) is 0 Å². The van der Waals surface area contributed by atoms with Gasteiger partial charge < -0.3 is 9.64 Å². The first kappa shape index (κ1) is 23.5. The van der Waals surface area contributed by atoms with E-state index in [2.05, 4.69) is 0 Å². The van der Waals surface area contributed by atoms with Crippen LogP contribution in [0.15, 0.2) is 109 Å². The highest BCUT2D eigenvalue weighted by Gasteiger charge is 2.47. The number of carbonyl (C=O) groups excluding carboxylic acids is 1. The largest absolute Gasteiger partial charge is 0.489 e. The number of carbonyl (C=O) groups is 1. The first-order valence-corrected chi connectivity index (χ1v) is 11.9. The number of anilines is 1. The zero-order valence-corrected chi connectivity index (χ0v) is 19.6. The molecule has 180 valence electrons. The topological polar surface area (TPSA) is 29.5 Å². The molecule has 36 heavy (non-hydrogen) atoms. The Kier molecular flexibility index (Phi) is 6.89. The SMILES string of the molecule is O=C1C(C/C=C\c2ccc(F)cc2)[C@@H](c2ccc(OCc3ccccc3)cc2)N1c1ccc(F)cc1. The third-order valence-electron chi connectivity index (χ3n) is 6.36. The number of amides is 1. The van der Waals surface area contributed by atoms with Gasteiger partial charge in [0.05, 0.1) is 12.0 Å². The van der Waals surface area contributed by atoms with Crippen LogP contribution in [0.5, 0.6) is 5.75 Å². The molecule has 1 unspecified atom stereocenters. The van der Waals surface area contributed by atoms with E-state index < -0.39 is 0 Å². The van der Waals surface area contributed by atoms with E-state index in [1.807, 2.05) is 66.7 Å². The highest BCUT2D eigenvalue weighted by Crippen LogP contribution is 2.45. The summed E-state index contributed by atoms with van der Waals surface area (Å²) < 4.78 is 32.6. The molecule has 3 nitrogen and oxygen atoms in total. The molecule has 4 aromatic rings. The Hall–Kier alpha value is -4.25. The maximum atomic E-state index is 13.5. The van der Waals surface area contributed by atoms with Gasteiger partial charge in [-0.05, 0) is 71.6 Å². The van der Waals surface area contributed by atoms with Gasteiger partial charge >= 0.3 is 0 Å². The van der Waals surface area contributed by atoms with Gasteiger partial charge in [-0.3, -0.25) is 4.79 Å². The summed E-state index contributed by atoms with van der Waals surface area (Å²) in [5.74, 6) is -0.161. The van der Waals surface area contributed by atoms with Crippen LogP contribution in [0.3, 0.4) is 0 Å². The fourth-order valence-corrected chi connectivity index (χ4v) is 4.48. The normalized spacial score (nSPS) is 17.3. The molecule has 1 saturated heterocycles. The minimum atomic E-state index is -0.345. The van der Waals surface area contributed by atoms with Crippen molar-refractivity contribution >= 4 is 17.7 Å². The van der Waals surface area contributed by atoms with Gasteiger partial charge in [0.2, 0.25) is 5.91 Å². The minimum absolute atomic E-state index is 0.0141. The number of allylic oxidation sites excluding steroid dienone is 1. The van der Waals surface area contributed by atoms with Gasteiger partial charge in [-0.1, -0.05) is 66.7 Å². The Bertz CT molecular complexity index is 1330. The second-order valence-electron chi connectivity index (χ2n) is 8.77. The first-order chi connectivity index (χ1) is 17.6. The Morgan fingerprint density at radius 3 is 2.08 bits per heavy atom. The molecule has 4 aromatic carbocycles. The molecule has 1 fully saturated rings. The monoisotopic (exact) mass is 481 g/mol. The van der Waals surface area contributed by atoms with Crippen LogP contribution in [0.2, 0.25) is 0 Å². The molecule has 5 rings (SSSR count). The molecular weight excluding hydrogens is 456 g/mol. The molecule has 0 aliphatic carbocycles. The molecule has 1 aliphatic heterocycles. The molecular formula is C31H25F2NO2. The van der Waals surface area contributed by atoms with Gasteiger partial charge in [-0.2, -0.15) is 0 Å². The van der Waals surface area contributed by atoms with Gasteiger partial charge in [-0.25, -0.2) is 8.78 Å². The van der Waals surface area contributed by atoms with Crippen LogP contribution in [-0.4, -0.2) is 5.91 Å². The second kappa shape index (κ2) is 10.6. The van der Waals surface area contributed by atoms with E-state index in [4.69, 9.17) is 4.74 Å². The summed E-state index contributed by atoms with van der Waals surface area (Å²) >= 11 is 0. The third kappa shape index (κ3) is 5.20. The minimum Gasteiger partial charge on any atom is -0.489 e. The van der Waals surface area contributed by atoms with Gasteiger partial charge in [0.1, 0.15) is 24.0 Å². The number of ether oxygens (including phenoxy) is 1. The number of halogens is 2. The van der Waals surface area contributed by atoms with E-state index in [1.54, 1.807) is 29.2 Å². The summed E-state index contributed by atoms with van der Waals surface area (Å²) in [5, 5.41) is 0. The maximum absolute atomic E-state index is 13.5. The average Bonchev–Trinajstić information content (AvgIpc) is 2.91. The molecule has 1 heterocycles. The smallest absolute Gasteiger partial charge is 0.233 e. The average molecular weight is 482 g/mol. The number of β-lactam (4-membered cyclic amide) rings is 1. The quantitative estimate of drug-likeness (QED) is 0.246. The predicted octanol–water partition coefficient (Wildman–Crippen LogP) is 7.35. The molecule has 1 amide bonds. The molecule has 0 bridgehead atoms. The molecule has 0 aromatic heterocycles. The van der Waals surface area contributed by atoms with Crippen LogP contribution in [0, 0.1) is 17.6 Å². The number of nitrogens with zero attached hydrogens (tertiary/aromatic N) is 1. The summed E-state index contributed by atoms with van der Waals surface area (Å²) in [6, 6.07) is 29.7. The van der Waals surface area contributed by atoms with E-state index in [0.29, 0.717) is 18.7 Å². The van der Waals surface area contributed by atoms with Crippen LogP contribution in [0.4, 0.5) is 14.5 Å². The summed E-state index contributed by atoms with van der Waals surface area (Å²) in [7, 11) is 0. The van der Waals surface area contributed by atoms with E-state index in [-0.39, 0.29) is 29.5 Å². The summed E-state index contributed by atoms with van der Waals surface area (Å²) in [5.41, 5.74) is 3.59. The number of hydrogen-bond acceptors (Lipinski definition) is 2. The van der Waals surface area contributed by atoms with E-state index in [0.717, 1.165) is 22.4 Å². The third-order valence-corrected chi connectivity index (χ3v) is 6.36. The predicted molar refractivity (Wildman–Crippen MR) is 137 cm³/mol. The van der Waals surface area contributed by atoms with Crippen LogP contribution < -0.4 is 9.64 Å². The number of rotatable bonds is 8. The van der Waals surface area contributed by atoms with Crippen molar-refractivity contribution in [3.05, 3.63) is 138 Å².